The highest BCUT2D eigenvalue weighted by Gasteiger charge is 2.33. The number of amides is 2. The number of hydrogen-bond acceptors (Lipinski definition) is 5. The van der Waals surface area contributed by atoms with Crippen LogP contribution in [-0.2, 0) is 9.53 Å². The fraction of sp³-hybridized carbons (Fsp3) is 0.421. The van der Waals surface area contributed by atoms with Gasteiger partial charge >= 0.3 is 6.09 Å². The van der Waals surface area contributed by atoms with E-state index in [2.05, 4.69) is 10.3 Å². The van der Waals surface area contributed by atoms with Gasteiger partial charge < -0.3 is 15.0 Å². The van der Waals surface area contributed by atoms with E-state index in [-0.39, 0.29) is 11.8 Å². The molecule has 1 aromatic carbocycles. The topological polar surface area (TPSA) is 71.5 Å². The van der Waals surface area contributed by atoms with Crippen LogP contribution in [0, 0.1) is 5.92 Å². The van der Waals surface area contributed by atoms with Crippen LogP contribution in [0.2, 0.25) is 10.0 Å². The number of likely N-dealkylation sites (tertiary alicyclic amines) is 1. The average molecular weight is 442 g/mol. The van der Waals surface area contributed by atoms with Gasteiger partial charge in [0.2, 0.25) is 5.91 Å². The van der Waals surface area contributed by atoms with Crippen molar-refractivity contribution in [2.24, 2.45) is 5.92 Å². The van der Waals surface area contributed by atoms with Crippen molar-refractivity contribution in [3.05, 3.63) is 33.6 Å². The summed E-state index contributed by atoms with van der Waals surface area (Å²) in [6.07, 6.45) is 0.202. The lowest BCUT2D eigenvalue weighted by Crippen LogP contribution is -2.36. The SMILES string of the molecule is CC(C)(C)OC(=O)N1CCC(C(=O)Nc2csc(-c3ccc(Cl)c(Cl)c3)n2)C1. The maximum absolute atomic E-state index is 12.5. The lowest BCUT2D eigenvalue weighted by molar-refractivity contribution is -0.119. The molecule has 150 valence electrons. The lowest BCUT2D eigenvalue weighted by Gasteiger charge is -2.24. The third-order valence-electron chi connectivity index (χ3n) is 4.13. The van der Waals surface area contributed by atoms with Crippen LogP contribution >= 0.6 is 34.5 Å². The molecule has 3 rings (SSSR count). The summed E-state index contributed by atoms with van der Waals surface area (Å²) in [6.45, 7) is 6.29. The number of aromatic nitrogens is 1. The summed E-state index contributed by atoms with van der Waals surface area (Å²) in [7, 11) is 0. The highest BCUT2D eigenvalue weighted by molar-refractivity contribution is 7.13. The van der Waals surface area contributed by atoms with Crippen LogP contribution in [0.15, 0.2) is 23.6 Å². The maximum Gasteiger partial charge on any atom is 0.410 e. The van der Waals surface area contributed by atoms with E-state index in [0.29, 0.717) is 35.4 Å². The van der Waals surface area contributed by atoms with E-state index in [9.17, 15) is 9.59 Å². The minimum absolute atomic E-state index is 0.156. The minimum Gasteiger partial charge on any atom is -0.444 e. The van der Waals surface area contributed by atoms with E-state index < -0.39 is 11.7 Å². The van der Waals surface area contributed by atoms with Gasteiger partial charge in [0.1, 0.15) is 16.4 Å². The molecule has 6 nitrogen and oxygen atoms in total. The normalized spacial score (nSPS) is 16.9. The third kappa shape index (κ3) is 5.16. The number of nitrogens with one attached hydrogen (secondary N) is 1. The van der Waals surface area contributed by atoms with Gasteiger partial charge in [-0.2, -0.15) is 0 Å². The molecule has 0 bridgehead atoms. The van der Waals surface area contributed by atoms with E-state index >= 15 is 0 Å². The Morgan fingerprint density at radius 1 is 1.29 bits per heavy atom. The van der Waals surface area contributed by atoms with E-state index in [4.69, 9.17) is 27.9 Å². The summed E-state index contributed by atoms with van der Waals surface area (Å²) in [4.78, 5) is 30.7. The van der Waals surface area contributed by atoms with Gasteiger partial charge in [-0.3, -0.25) is 4.79 Å². The number of carbonyl (C=O) groups excluding carboxylic acids is 2. The molecule has 1 fully saturated rings. The Bertz CT molecular complexity index is 895. The number of anilines is 1. The molecule has 1 unspecified atom stereocenters. The number of halogens is 2. The lowest BCUT2D eigenvalue weighted by atomic mass is 10.1. The zero-order valence-electron chi connectivity index (χ0n) is 15.8. The van der Waals surface area contributed by atoms with E-state index in [1.165, 1.54) is 11.3 Å². The summed E-state index contributed by atoms with van der Waals surface area (Å²) in [5.74, 6) is 0.0338. The zero-order chi connectivity index (χ0) is 20.5. The van der Waals surface area contributed by atoms with Crippen LogP contribution in [0.25, 0.3) is 10.6 Å². The Labute approximate surface area is 177 Å². The molecule has 0 radical (unpaired) electrons. The molecule has 2 heterocycles. The molecule has 1 N–H and O–H groups in total. The molecule has 1 aromatic heterocycles. The van der Waals surface area contributed by atoms with Gasteiger partial charge in [-0.15, -0.1) is 11.3 Å². The second kappa shape index (κ2) is 8.27. The smallest absolute Gasteiger partial charge is 0.410 e. The summed E-state index contributed by atoms with van der Waals surface area (Å²) in [5, 5.41) is 6.27. The van der Waals surface area contributed by atoms with E-state index in [1.54, 1.807) is 22.4 Å². The Balaban J connectivity index is 1.59. The molecule has 1 saturated heterocycles. The standard InChI is InChI=1S/C19H21Cl2N3O3S/c1-19(2,3)27-18(26)24-7-6-12(9-24)16(25)22-15-10-28-17(23-15)11-4-5-13(20)14(21)8-11/h4-5,8,10,12H,6-7,9H2,1-3H3,(H,22,25). The van der Waals surface area contributed by atoms with Crippen LogP contribution in [0.3, 0.4) is 0 Å². The van der Waals surface area contributed by atoms with Crippen molar-refractivity contribution in [2.75, 3.05) is 18.4 Å². The van der Waals surface area contributed by atoms with E-state index in [1.807, 2.05) is 26.8 Å². The second-order valence-electron chi connectivity index (χ2n) is 7.57. The summed E-state index contributed by atoms with van der Waals surface area (Å²) >= 11 is 13.4. The van der Waals surface area contributed by atoms with Gasteiger partial charge in [0.15, 0.2) is 0 Å². The first-order chi connectivity index (χ1) is 13.1. The predicted octanol–water partition coefficient (Wildman–Crippen LogP) is 5.31. The van der Waals surface area contributed by atoms with Gasteiger partial charge in [-0.1, -0.05) is 29.3 Å². The molecule has 2 aromatic rings. The molecule has 1 aliphatic rings. The van der Waals surface area contributed by atoms with Crippen LogP contribution in [0.4, 0.5) is 10.6 Å². The van der Waals surface area contributed by atoms with Crippen LogP contribution < -0.4 is 5.32 Å². The maximum atomic E-state index is 12.5. The first-order valence-electron chi connectivity index (χ1n) is 8.82. The van der Waals surface area contributed by atoms with Crippen molar-refractivity contribution in [2.45, 2.75) is 32.8 Å². The van der Waals surface area contributed by atoms with Crippen molar-refractivity contribution >= 4 is 52.4 Å². The molecule has 2 amide bonds. The number of ether oxygens (including phenoxy) is 1. The van der Waals surface area contributed by atoms with Crippen molar-refractivity contribution < 1.29 is 14.3 Å². The largest absolute Gasteiger partial charge is 0.444 e. The van der Waals surface area contributed by atoms with Crippen LogP contribution in [0.1, 0.15) is 27.2 Å². The number of rotatable bonds is 3. The summed E-state index contributed by atoms with van der Waals surface area (Å²) in [6, 6.07) is 5.28. The molecule has 0 spiro atoms. The number of nitrogens with zero attached hydrogens (tertiary/aromatic N) is 2. The van der Waals surface area contributed by atoms with Crippen molar-refractivity contribution in [3.8, 4) is 10.6 Å². The van der Waals surface area contributed by atoms with E-state index in [0.717, 1.165) is 10.6 Å². The fourth-order valence-corrected chi connectivity index (χ4v) is 3.83. The van der Waals surface area contributed by atoms with Crippen LogP contribution in [0.5, 0.6) is 0 Å². The first-order valence-corrected chi connectivity index (χ1v) is 10.5. The zero-order valence-corrected chi connectivity index (χ0v) is 18.1. The molecule has 28 heavy (non-hydrogen) atoms. The Morgan fingerprint density at radius 2 is 2.04 bits per heavy atom. The van der Waals surface area contributed by atoms with Crippen molar-refractivity contribution in [3.63, 3.8) is 0 Å². The predicted molar refractivity (Wildman–Crippen MR) is 112 cm³/mol. The quantitative estimate of drug-likeness (QED) is 0.699. The molecule has 0 aliphatic carbocycles. The summed E-state index contributed by atoms with van der Waals surface area (Å²) in [5.41, 5.74) is 0.274. The number of benzene rings is 1. The highest BCUT2D eigenvalue weighted by atomic mass is 35.5. The Morgan fingerprint density at radius 3 is 2.71 bits per heavy atom. The molecular weight excluding hydrogens is 421 g/mol. The number of carbonyl (C=O) groups is 2. The second-order valence-corrected chi connectivity index (χ2v) is 9.24. The number of thiazole rings is 1. The first kappa shape index (κ1) is 20.9. The van der Waals surface area contributed by atoms with Crippen molar-refractivity contribution in [1.29, 1.82) is 0 Å². The highest BCUT2D eigenvalue weighted by Crippen LogP contribution is 2.31. The Kier molecular flexibility index (Phi) is 6.17. The average Bonchev–Trinajstić information content (AvgIpc) is 3.25. The minimum atomic E-state index is -0.557. The van der Waals surface area contributed by atoms with Gasteiger partial charge in [-0.25, -0.2) is 9.78 Å². The van der Waals surface area contributed by atoms with Gasteiger partial charge in [0.25, 0.3) is 0 Å². The Hall–Kier alpha value is -1.83. The molecule has 1 aliphatic heterocycles. The fourth-order valence-electron chi connectivity index (χ4n) is 2.79. The molecule has 1 atom stereocenters. The van der Waals surface area contributed by atoms with Gasteiger partial charge in [0, 0.05) is 24.0 Å². The van der Waals surface area contributed by atoms with Gasteiger partial charge in [-0.05, 0) is 39.3 Å². The van der Waals surface area contributed by atoms with Crippen molar-refractivity contribution in [1.82, 2.24) is 9.88 Å². The number of hydrogen-bond donors (Lipinski definition) is 1. The summed E-state index contributed by atoms with van der Waals surface area (Å²) < 4.78 is 5.36. The molecular formula is C19H21Cl2N3O3S. The monoisotopic (exact) mass is 441 g/mol. The third-order valence-corrected chi connectivity index (χ3v) is 5.76. The molecule has 9 heteroatoms. The van der Waals surface area contributed by atoms with Crippen LogP contribution in [-0.4, -0.2) is 40.6 Å². The van der Waals surface area contributed by atoms with Gasteiger partial charge in [0.05, 0.1) is 16.0 Å². The molecule has 0 saturated carbocycles.